The number of alkyl halides is 1. The lowest BCUT2D eigenvalue weighted by Gasteiger charge is -2.43. The molecule has 0 aromatic rings. The predicted molar refractivity (Wildman–Crippen MR) is 72.2 cm³/mol. The van der Waals surface area contributed by atoms with Crippen LogP contribution in [-0.2, 0) is 0 Å². The lowest BCUT2D eigenvalue weighted by Crippen LogP contribution is -2.41. The quantitative estimate of drug-likeness (QED) is 0.608. The molecule has 88 valence electrons. The first-order valence-corrected chi connectivity index (χ1v) is 7.86. The van der Waals surface area contributed by atoms with Gasteiger partial charge in [-0.3, -0.25) is 0 Å². The van der Waals surface area contributed by atoms with Crippen LogP contribution < -0.4 is 0 Å². The molecule has 2 aliphatic rings. The van der Waals surface area contributed by atoms with Gasteiger partial charge >= 0.3 is 0 Å². The Morgan fingerprint density at radius 3 is 2.80 bits per heavy atom. The minimum atomic E-state index is -0.0253. The van der Waals surface area contributed by atoms with Crippen molar-refractivity contribution in [3.05, 3.63) is 0 Å². The van der Waals surface area contributed by atoms with Crippen LogP contribution in [-0.4, -0.2) is 15.6 Å². The summed E-state index contributed by atoms with van der Waals surface area (Å²) in [5, 5.41) is 10.2. The highest BCUT2D eigenvalue weighted by Crippen LogP contribution is 2.56. The Kier molecular flexibility index (Phi) is 3.66. The van der Waals surface area contributed by atoms with Crippen LogP contribution >= 0.6 is 22.6 Å². The zero-order chi connectivity index (χ0) is 11.1. The Balaban J connectivity index is 2.15. The van der Waals surface area contributed by atoms with Crippen LogP contribution in [0.15, 0.2) is 0 Å². The fourth-order valence-corrected chi connectivity index (χ4v) is 4.62. The van der Waals surface area contributed by atoms with Crippen molar-refractivity contribution in [3.8, 4) is 0 Å². The van der Waals surface area contributed by atoms with Gasteiger partial charge in [-0.2, -0.15) is 0 Å². The minimum Gasteiger partial charge on any atom is -0.393 e. The van der Waals surface area contributed by atoms with E-state index < -0.39 is 0 Å². The van der Waals surface area contributed by atoms with Gasteiger partial charge in [-0.15, -0.1) is 0 Å². The van der Waals surface area contributed by atoms with E-state index in [-0.39, 0.29) is 11.5 Å². The van der Waals surface area contributed by atoms with E-state index in [0.29, 0.717) is 0 Å². The van der Waals surface area contributed by atoms with Crippen LogP contribution in [0.25, 0.3) is 0 Å². The van der Waals surface area contributed by atoms with Crippen molar-refractivity contribution < 1.29 is 5.11 Å². The monoisotopic (exact) mass is 322 g/mol. The highest BCUT2D eigenvalue weighted by atomic mass is 127. The second-order valence-electron chi connectivity index (χ2n) is 5.89. The zero-order valence-corrected chi connectivity index (χ0v) is 12.0. The predicted octanol–water partition coefficient (Wildman–Crippen LogP) is 3.63. The summed E-state index contributed by atoms with van der Waals surface area (Å²) in [5.41, 5.74) is 0.253. The van der Waals surface area contributed by atoms with Gasteiger partial charge in [0.1, 0.15) is 0 Å². The molecule has 1 N–H and O–H groups in total. The summed E-state index contributed by atoms with van der Waals surface area (Å²) >= 11 is 2.51. The molecule has 2 unspecified atom stereocenters. The molecule has 0 aromatic heterocycles. The van der Waals surface area contributed by atoms with Crippen LogP contribution in [0, 0.1) is 23.2 Å². The molecule has 0 bridgehead atoms. The molecular weight excluding hydrogens is 299 g/mol. The molecule has 2 aliphatic carbocycles. The standard InChI is InChI=1S/C13H23IO/c1-9(8-14)10-6-7-13(2)11(10)4-3-5-12(13)15/h9-12,15H,3-8H2,1-2H3/t9-,10+,11?,12?,13-/m1/s1. The molecule has 2 fully saturated rings. The molecule has 1 nitrogen and oxygen atoms in total. The summed E-state index contributed by atoms with van der Waals surface area (Å²) in [6.07, 6.45) is 6.22. The van der Waals surface area contributed by atoms with Gasteiger partial charge in [0.15, 0.2) is 0 Å². The first kappa shape index (κ1) is 12.2. The number of halogens is 1. The third-order valence-corrected chi connectivity index (χ3v) is 6.50. The molecule has 2 rings (SSSR count). The molecule has 2 heteroatoms. The Morgan fingerprint density at radius 1 is 1.40 bits per heavy atom. The summed E-state index contributed by atoms with van der Waals surface area (Å²) in [7, 11) is 0. The maximum Gasteiger partial charge on any atom is 0.0596 e. The van der Waals surface area contributed by atoms with Crippen LogP contribution in [0.2, 0.25) is 0 Å². The van der Waals surface area contributed by atoms with Gasteiger partial charge in [0.25, 0.3) is 0 Å². The van der Waals surface area contributed by atoms with Crippen LogP contribution in [0.1, 0.15) is 46.0 Å². The molecule has 0 aromatic carbocycles. The second-order valence-corrected chi connectivity index (χ2v) is 6.77. The van der Waals surface area contributed by atoms with Gasteiger partial charge in [-0.05, 0) is 48.9 Å². The average Bonchev–Trinajstić information content (AvgIpc) is 2.57. The van der Waals surface area contributed by atoms with Crippen molar-refractivity contribution in [1.29, 1.82) is 0 Å². The molecule has 0 radical (unpaired) electrons. The Labute approximate surface area is 107 Å². The van der Waals surface area contributed by atoms with E-state index in [9.17, 15) is 5.11 Å². The summed E-state index contributed by atoms with van der Waals surface area (Å²) in [4.78, 5) is 0. The van der Waals surface area contributed by atoms with Gasteiger partial charge in [0.05, 0.1) is 6.10 Å². The Bertz CT molecular complexity index is 231. The summed E-state index contributed by atoms with van der Waals surface area (Å²) in [6, 6.07) is 0. The van der Waals surface area contributed by atoms with E-state index in [1.807, 2.05) is 0 Å². The normalized spacial score (nSPS) is 47.6. The molecule has 0 heterocycles. The number of rotatable bonds is 2. The highest BCUT2D eigenvalue weighted by molar-refractivity contribution is 14.1. The summed E-state index contributed by atoms with van der Waals surface area (Å²) in [6.45, 7) is 4.73. The van der Waals surface area contributed by atoms with E-state index in [0.717, 1.165) is 24.2 Å². The Morgan fingerprint density at radius 2 is 2.13 bits per heavy atom. The zero-order valence-electron chi connectivity index (χ0n) is 9.88. The molecule has 0 saturated heterocycles. The van der Waals surface area contributed by atoms with Crippen molar-refractivity contribution in [2.24, 2.45) is 23.2 Å². The van der Waals surface area contributed by atoms with Crippen molar-refractivity contribution >= 4 is 22.6 Å². The van der Waals surface area contributed by atoms with Crippen molar-refractivity contribution in [2.75, 3.05) is 4.43 Å². The smallest absolute Gasteiger partial charge is 0.0596 e. The largest absolute Gasteiger partial charge is 0.393 e. The molecular formula is C13H23IO. The third kappa shape index (κ3) is 1.97. The highest BCUT2D eigenvalue weighted by Gasteiger charge is 2.51. The topological polar surface area (TPSA) is 20.2 Å². The lowest BCUT2D eigenvalue weighted by atomic mass is 9.64. The summed E-state index contributed by atoms with van der Waals surface area (Å²) < 4.78 is 1.27. The SMILES string of the molecule is C[C@H](CI)[C@@H]1CC[C@@]2(C)C(O)CCCC12. The fraction of sp³-hybridized carbons (Fsp3) is 1.00. The lowest BCUT2D eigenvalue weighted by molar-refractivity contribution is -0.0377. The Hall–Kier alpha value is 0.690. The number of fused-ring (bicyclic) bond motifs is 1. The second kappa shape index (κ2) is 4.52. The first-order valence-electron chi connectivity index (χ1n) is 6.33. The van der Waals surface area contributed by atoms with Crippen molar-refractivity contribution in [2.45, 2.75) is 52.1 Å². The molecule has 0 amide bonds. The van der Waals surface area contributed by atoms with E-state index in [1.54, 1.807) is 0 Å². The van der Waals surface area contributed by atoms with Crippen molar-refractivity contribution in [1.82, 2.24) is 0 Å². The first-order chi connectivity index (χ1) is 7.09. The van der Waals surface area contributed by atoms with Crippen LogP contribution in [0.3, 0.4) is 0 Å². The fourth-order valence-electron chi connectivity index (χ4n) is 3.97. The van der Waals surface area contributed by atoms with Crippen molar-refractivity contribution in [3.63, 3.8) is 0 Å². The number of aliphatic hydroxyl groups is 1. The van der Waals surface area contributed by atoms with Gasteiger partial charge < -0.3 is 5.11 Å². The molecule has 15 heavy (non-hydrogen) atoms. The van der Waals surface area contributed by atoms with Gasteiger partial charge in [-0.25, -0.2) is 0 Å². The summed E-state index contributed by atoms with van der Waals surface area (Å²) in [5.74, 6) is 2.51. The number of hydrogen-bond donors (Lipinski definition) is 1. The van der Waals surface area contributed by atoms with Gasteiger partial charge in [0, 0.05) is 4.43 Å². The van der Waals surface area contributed by atoms with Gasteiger partial charge in [-0.1, -0.05) is 42.9 Å². The van der Waals surface area contributed by atoms with E-state index in [2.05, 4.69) is 36.4 Å². The van der Waals surface area contributed by atoms with E-state index >= 15 is 0 Å². The maximum absolute atomic E-state index is 10.2. The molecule has 0 spiro atoms. The maximum atomic E-state index is 10.2. The molecule has 5 atom stereocenters. The minimum absolute atomic E-state index is 0.0253. The van der Waals surface area contributed by atoms with E-state index in [1.165, 1.54) is 30.1 Å². The molecule has 2 saturated carbocycles. The van der Waals surface area contributed by atoms with E-state index in [4.69, 9.17) is 0 Å². The van der Waals surface area contributed by atoms with Crippen LogP contribution in [0.5, 0.6) is 0 Å². The number of hydrogen-bond acceptors (Lipinski definition) is 1. The molecule has 0 aliphatic heterocycles. The number of aliphatic hydroxyl groups excluding tert-OH is 1. The average molecular weight is 322 g/mol. The third-order valence-electron chi connectivity index (χ3n) is 5.11. The van der Waals surface area contributed by atoms with Crippen LogP contribution in [0.4, 0.5) is 0 Å². The van der Waals surface area contributed by atoms with Gasteiger partial charge in [0.2, 0.25) is 0 Å².